The lowest BCUT2D eigenvalue weighted by molar-refractivity contribution is -0.165. The number of carbonyl (C=O) groups excluding carboxylic acids is 2. The molecule has 0 aromatic heterocycles. The van der Waals surface area contributed by atoms with Crippen molar-refractivity contribution in [3.63, 3.8) is 0 Å². The molecule has 1 aliphatic rings. The van der Waals surface area contributed by atoms with Crippen LogP contribution >= 0.6 is 0 Å². The third kappa shape index (κ3) is 2.57. The minimum atomic E-state index is -1.26. The van der Waals surface area contributed by atoms with Gasteiger partial charge < -0.3 is 9.47 Å². The van der Waals surface area contributed by atoms with Gasteiger partial charge in [0.05, 0.1) is 14.2 Å². The molecule has 0 aromatic rings. The van der Waals surface area contributed by atoms with Gasteiger partial charge in [-0.1, -0.05) is 23.3 Å². The number of hydrogen-bond acceptors (Lipinski definition) is 4. The van der Waals surface area contributed by atoms with E-state index in [-0.39, 0.29) is 0 Å². The fraction of sp³-hybridized carbons (Fsp3) is 0.538. The second-order valence-corrected chi connectivity index (χ2v) is 4.40. The molecule has 0 heterocycles. The molecule has 0 bridgehead atoms. The predicted octanol–water partition coefficient (Wildman–Crippen LogP) is 2.01. The molecule has 17 heavy (non-hydrogen) atoms. The van der Waals surface area contributed by atoms with Crippen LogP contribution in [0.5, 0.6) is 0 Å². The molecule has 0 atom stereocenters. The van der Waals surface area contributed by atoms with Crippen molar-refractivity contribution in [2.45, 2.75) is 26.7 Å². The highest BCUT2D eigenvalue weighted by Crippen LogP contribution is 2.39. The number of allylic oxidation sites excluding steroid dienone is 3. The van der Waals surface area contributed by atoms with E-state index in [2.05, 4.69) is 0 Å². The molecule has 0 amide bonds. The number of ether oxygens (including phenoxy) is 2. The minimum Gasteiger partial charge on any atom is -0.468 e. The van der Waals surface area contributed by atoms with E-state index in [1.807, 2.05) is 19.9 Å². The molecule has 94 valence electrons. The van der Waals surface area contributed by atoms with Gasteiger partial charge >= 0.3 is 11.9 Å². The van der Waals surface area contributed by atoms with E-state index in [4.69, 9.17) is 9.47 Å². The van der Waals surface area contributed by atoms with Crippen LogP contribution in [-0.2, 0) is 19.1 Å². The van der Waals surface area contributed by atoms with Crippen LogP contribution in [0.15, 0.2) is 23.3 Å². The van der Waals surface area contributed by atoms with Gasteiger partial charge in [-0.25, -0.2) is 0 Å². The van der Waals surface area contributed by atoms with E-state index in [0.717, 1.165) is 11.1 Å². The molecule has 1 aliphatic carbocycles. The highest BCUT2D eigenvalue weighted by molar-refractivity contribution is 6.03. The first-order chi connectivity index (χ1) is 7.96. The predicted molar refractivity (Wildman–Crippen MR) is 63.2 cm³/mol. The van der Waals surface area contributed by atoms with Crippen LogP contribution in [0, 0.1) is 5.41 Å². The maximum Gasteiger partial charge on any atom is 0.327 e. The average molecular weight is 238 g/mol. The quantitative estimate of drug-likeness (QED) is 0.557. The number of esters is 2. The number of hydrogen-bond donors (Lipinski definition) is 0. The lowest BCUT2D eigenvalue weighted by Crippen LogP contribution is -2.37. The molecule has 0 saturated carbocycles. The third-order valence-corrected chi connectivity index (χ3v) is 2.81. The molecular formula is C13H18O4. The van der Waals surface area contributed by atoms with E-state index in [0.29, 0.717) is 12.8 Å². The zero-order chi connectivity index (χ0) is 13.1. The summed E-state index contributed by atoms with van der Waals surface area (Å²) in [5, 5.41) is 0. The van der Waals surface area contributed by atoms with Crippen molar-refractivity contribution in [1.29, 1.82) is 0 Å². The summed E-state index contributed by atoms with van der Waals surface area (Å²) in [6, 6.07) is 0. The first-order valence-corrected chi connectivity index (χ1v) is 5.49. The lowest BCUT2D eigenvalue weighted by atomic mass is 9.88. The van der Waals surface area contributed by atoms with E-state index in [1.165, 1.54) is 14.2 Å². The summed E-state index contributed by atoms with van der Waals surface area (Å²) in [4.78, 5) is 23.6. The first-order valence-electron chi connectivity index (χ1n) is 5.49. The highest BCUT2D eigenvalue weighted by Gasteiger charge is 2.49. The molecule has 0 unspecified atom stereocenters. The Kier molecular flexibility index (Phi) is 4.10. The van der Waals surface area contributed by atoms with Crippen molar-refractivity contribution in [1.82, 2.24) is 0 Å². The lowest BCUT2D eigenvalue weighted by Gasteiger charge is -2.20. The summed E-state index contributed by atoms with van der Waals surface area (Å²) in [6.07, 6.45) is 4.71. The van der Waals surface area contributed by atoms with E-state index >= 15 is 0 Å². The van der Waals surface area contributed by atoms with Gasteiger partial charge in [-0.3, -0.25) is 9.59 Å². The fourth-order valence-corrected chi connectivity index (χ4v) is 2.06. The van der Waals surface area contributed by atoms with Gasteiger partial charge in [0.25, 0.3) is 0 Å². The molecule has 0 aliphatic heterocycles. The van der Waals surface area contributed by atoms with E-state index < -0.39 is 17.4 Å². The summed E-state index contributed by atoms with van der Waals surface area (Å²) in [7, 11) is 2.56. The Morgan fingerprint density at radius 2 is 1.76 bits per heavy atom. The van der Waals surface area contributed by atoms with Crippen molar-refractivity contribution < 1.29 is 19.1 Å². The maximum absolute atomic E-state index is 11.8. The maximum atomic E-state index is 11.8. The van der Waals surface area contributed by atoms with Gasteiger partial charge in [0.2, 0.25) is 0 Å². The van der Waals surface area contributed by atoms with Crippen LogP contribution in [0.4, 0.5) is 0 Å². The van der Waals surface area contributed by atoms with Crippen molar-refractivity contribution in [3.05, 3.63) is 23.3 Å². The second kappa shape index (κ2) is 5.17. The zero-order valence-corrected chi connectivity index (χ0v) is 10.7. The molecule has 4 heteroatoms. The van der Waals surface area contributed by atoms with Gasteiger partial charge in [-0.15, -0.1) is 0 Å². The summed E-state index contributed by atoms with van der Waals surface area (Å²) >= 11 is 0. The Hall–Kier alpha value is -1.58. The SMILES string of the molecule is COC(=O)C1(C(=O)OC)C=C(C=C(C)C)CC1. The molecule has 0 fully saturated rings. The van der Waals surface area contributed by atoms with E-state index in [1.54, 1.807) is 6.08 Å². The highest BCUT2D eigenvalue weighted by atomic mass is 16.5. The van der Waals surface area contributed by atoms with Gasteiger partial charge in [-0.2, -0.15) is 0 Å². The monoisotopic (exact) mass is 238 g/mol. The van der Waals surface area contributed by atoms with Crippen molar-refractivity contribution in [2.75, 3.05) is 14.2 Å². The molecule has 0 radical (unpaired) electrons. The molecule has 0 spiro atoms. The van der Waals surface area contributed by atoms with Crippen LogP contribution in [0.2, 0.25) is 0 Å². The first kappa shape index (κ1) is 13.5. The number of carbonyl (C=O) groups is 2. The average Bonchev–Trinajstić information content (AvgIpc) is 2.71. The Morgan fingerprint density at radius 3 is 2.18 bits per heavy atom. The number of methoxy groups -OCH3 is 2. The van der Waals surface area contributed by atoms with Crippen LogP contribution < -0.4 is 0 Å². The van der Waals surface area contributed by atoms with E-state index in [9.17, 15) is 9.59 Å². The second-order valence-electron chi connectivity index (χ2n) is 4.40. The molecule has 1 rings (SSSR count). The van der Waals surface area contributed by atoms with Gasteiger partial charge in [0, 0.05) is 0 Å². The Bertz CT molecular complexity index is 370. The Labute approximate surface area is 101 Å². The molecule has 0 saturated heterocycles. The smallest absolute Gasteiger partial charge is 0.327 e. The van der Waals surface area contributed by atoms with Crippen LogP contribution in [0.3, 0.4) is 0 Å². The summed E-state index contributed by atoms with van der Waals surface area (Å²) in [5.41, 5.74) is 0.840. The molecular weight excluding hydrogens is 220 g/mol. The molecule has 4 nitrogen and oxygen atoms in total. The Balaban J connectivity index is 3.12. The van der Waals surface area contributed by atoms with Gasteiger partial charge in [0.15, 0.2) is 5.41 Å². The summed E-state index contributed by atoms with van der Waals surface area (Å²) in [5.74, 6) is -1.11. The molecule has 0 N–H and O–H groups in total. The standard InChI is InChI=1S/C13H18O4/c1-9(2)7-10-5-6-13(8-10,11(14)16-3)12(15)17-4/h7-8H,5-6H2,1-4H3. The zero-order valence-electron chi connectivity index (χ0n) is 10.7. The van der Waals surface area contributed by atoms with Crippen LogP contribution in [0.1, 0.15) is 26.7 Å². The van der Waals surface area contributed by atoms with Crippen LogP contribution in [-0.4, -0.2) is 26.2 Å². The topological polar surface area (TPSA) is 52.6 Å². The van der Waals surface area contributed by atoms with Crippen LogP contribution in [0.25, 0.3) is 0 Å². The van der Waals surface area contributed by atoms with Gasteiger partial charge in [-0.05, 0) is 26.7 Å². The molecule has 0 aromatic carbocycles. The summed E-state index contributed by atoms with van der Waals surface area (Å²) in [6.45, 7) is 3.94. The summed E-state index contributed by atoms with van der Waals surface area (Å²) < 4.78 is 9.42. The normalized spacial score (nSPS) is 17.1. The van der Waals surface area contributed by atoms with Gasteiger partial charge in [0.1, 0.15) is 0 Å². The fourth-order valence-electron chi connectivity index (χ4n) is 2.06. The third-order valence-electron chi connectivity index (χ3n) is 2.81. The van der Waals surface area contributed by atoms with Crippen molar-refractivity contribution in [2.24, 2.45) is 5.41 Å². The number of rotatable bonds is 3. The Morgan fingerprint density at radius 1 is 1.24 bits per heavy atom. The van der Waals surface area contributed by atoms with Crippen molar-refractivity contribution in [3.8, 4) is 0 Å². The van der Waals surface area contributed by atoms with Crippen molar-refractivity contribution >= 4 is 11.9 Å². The largest absolute Gasteiger partial charge is 0.468 e. The minimum absolute atomic E-state index is 0.408.